The Morgan fingerprint density at radius 1 is 1.07 bits per heavy atom. The van der Waals surface area contributed by atoms with Gasteiger partial charge in [-0.3, -0.25) is 24.0 Å². The number of Topliss-reactive ketones (excluding diaryl/α,β-unsaturated/α-hetero) is 1. The standard InChI is InChI=1S/C17H28N2O7S.BrH/c1-4-16(23)27-10-12(13(20)7-9-15(22)25-3)19-14(21)8-6-11(18)17(24)26-5-2;/h11-12H,4-10,18H2,1-3H3,(H,19,21);1H/p-1. The number of carbonyl (C=O) groups excluding carboxylic acids is 5. The lowest BCUT2D eigenvalue weighted by Crippen LogP contribution is -3.00. The number of ketones is 1. The topological polar surface area (TPSA) is 142 Å². The molecule has 0 aliphatic rings. The number of thioether (sulfide) groups is 1. The second-order valence-corrected chi connectivity index (χ2v) is 6.67. The number of nitrogens with one attached hydrogen (secondary N) is 1. The molecular weight excluding hydrogens is 456 g/mol. The molecular formula is C17H28BrN2O7S-. The van der Waals surface area contributed by atoms with Gasteiger partial charge in [0.05, 0.1) is 26.2 Å². The summed E-state index contributed by atoms with van der Waals surface area (Å²) in [5, 5.41) is 2.43. The number of halogens is 1. The summed E-state index contributed by atoms with van der Waals surface area (Å²) in [6, 6.07) is -1.85. The highest BCUT2D eigenvalue weighted by molar-refractivity contribution is 8.13. The van der Waals surface area contributed by atoms with Gasteiger partial charge >= 0.3 is 11.9 Å². The second kappa shape index (κ2) is 16.5. The third kappa shape index (κ3) is 12.8. The van der Waals surface area contributed by atoms with E-state index in [1.54, 1.807) is 13.8 Å². The molecule has 2 unspecified atom stereocenters. The molecule has 0 rings (SSSR count). The molecule has 1 amide bonds. The zero-order valence-electron chi connectivity index (χ0n) is 16.3. The Balaban J connectivity index is 0. The monoisotopic (exact) mass is 483 g/mol. The molecule has 9 nitrogen and oxygen atoms in total. The molecule has 0 fully saturated rings. The molecule has 28 heavy (non-hydrogen) atoms. The van der Waals surface area contributed by atoms with Crippen LogP contribution in [0.2, 0.25) is 0 Å². The maximum absolute atomic E-state index is 12.3. The van der Waals surface area contributed by atoms with Crippen molar-refractivity contribution < 1.29 is 50.4 Å². The van der Waals surface area contributed by atoms with Gasteiger partial charge < -0.3 is 37.5 Å². The van der Waals surface area contributed by atoms with Gasteiger partial charge in [-0.1, -0.05) is 18.7 Å². The van der Waals surface area contributed by atoms with E-state index >= 15 is 0 Å². The predicted molar refractivity (Wildman–Crippen MR) is 99.8 cm³/mol. The van der Waals surface area contributed by atoms with Crippen LogP contribution in [0.15, 0.2) is 0 Å². The van der Waals surface area contributed by atoms with E-state index in [1.807, 2.05) is 0 Å². The van der Waals surface area contributed by atoms with Crippen LogP contribution in [0.1, 0.15) is 46.0 Å². The van der Waals surface area contributed by atoms with Gasteiger partial charge in [0.2, 0.25) is 5.91 Å². The summed E-state index contributed by atoms with van der Waals surface area (Å²) in [6.45, 7) is 3.54. The Kier molecular flexibility index (Phi) is 16.9. The zero-order chi connectivity index (χ0) is 20.8. The van der Waals surface area contributed by atoms with Crippen molar-refractivity contribution in [3.05, 3.63) is 0 Å². The van der Waals surface area contributed by atoms with Crippen molar-refractivity contribution in [2.75, 3.05) is 19.5 Å². The Bertz CT molecular complexity index is 546. The fourth-order valence-corrected chi connectivity index (χ4v) is 2.74. The highest BCUT2D eigenvalue weighted by Crippen LogP contribution is 2.11. The van der Waals surface area contributed by atoms with Crippen molar-refractivity contribution in [3.63, 3.8) is 0 Å². The summed E-state index contributed by atoms with van der Waals surface area (Å²) in [5.74, 6) is -1.91. The Labute approximate surface area is 179 Å². The Morgan fingerprint density at radius 2 is 1.71 bits per heavy atom. The van der Waals surface area contributed by atoms with Crippen LogP contribution in [0, 0.1) is 0 Å². The van der Waals surface area contributed by atoms with Gasteiger partial charge in [-0.2, -0.15) is 0 Å². The highest BCUT2D eigenvalue weighted by Gasteiger charge is 2.23. The van der Waals surface area contributed by atoms with E-state index in [0.29, 0.717) is 6.42 Å². The van der Waals surface area contributed by atoms with Crippen molar-refractivity contribution >= 4 is 40.5 Å². The van der Waals surface area contributed by atoms with E-state index in [4.69, 9.17) is 10.5 Å². The van der Waals surface area contributed by atoms with E-state index in [9.17, 15) is 24.0 Å². The minimum Gasteiger partial charge on any atom is -1.00 e. The van der Waals surface area contributed by atoms with Gasteiger partial charge in [-0.15, -0.1) is 0 Å². The van der Waals surface area contributed by atoms with Crippen LogP contribution in [0.4, 0.5) is 0 Å². The van der Waals surface area contributed by atoms with Crippen LogP contribution in [0.5, 0.6) is 0 Å². The van der Waals surface area contributed by atoms with Crippen molar-refractivity contribution in [1.82, 2.24) is 5.32 Å². The van der Waals surface area contributed by atoms with Crippen molar-refractivity contribution in [2.24, 2.45) is 5.73 Å². The summed E-state index contributed by atoms with van der Waals surface area (Å²) in [4.78, 5) is 58.5. The predicted octanol–water partition coefficient (Wildman–Crippen LogP) is -2.66. The first-order valence-electron chi connectivity index (χ1n) is 8.71. The van der Waals surface area contributed by atoms with Gasteiger partial charge in [0.25, 0.3) is 0 Å². The molecule has 0 radical (unpaired) electrons. The number of rotatable bonds is 13. The molecule has 0 aromatic carbocycles. The van der Waals surface area contributed by atoms with Crippen LogP contribution in [0.3, 0.4) is 0 Å². The molecule has 11 heteroatoms. The summed E-state index contributed by atoms with van der Waals surface area (Å²) >= 11 is 0.941. The number of hydrogen-bond donors (Lipinski definition) is 2. The van der Waals surface area contributed by atoms with Crippen LogP contribution in [-0.4, -0.2) is 60.3 Å². The number of esters is 2. The molecule has 0 spiro atoms. The average molecular weight is 484 g/mol. The Morgan fingerprint density at radius 3 is 2.25 bits per heavy atom. The van der Waals surface area contributed by atoms with Gasteiger partial charge in [-0.05, 0) is 13.3 Å². The van der Waals surface area contributed by atoms with Crippen LogP contribution >= 0.6 is 11.8 Å². The maximum atomic E-state index is 12.3. The molecule has 0 aromatic heterocycles. The molecule has 0 saturated heterocycles. The third-order valence-corrected chi connectivity index (χ3v) is 4.61. The molecule has 0 aliphatic heterocycles. The van der Waals surface area contributed by atoms with Crippen molar-refractivity contribution in [2.45, 2.75) is 58.0 Å². The molecule has 3 N–H and O–H groups in total. The molecule has 0 bridgehead atoms. The average Bonchev–Trinajstić information content (AvgIpc) is 2.66. The van der Waals surface area contributed by atoms with E-state index in [1.165, 1.54) is 7.11 Å². The quantitative estimate of drug-likeness (QED) is 0.268. The van der Waals surface area contributed by atoms with E-state index in [0.717, 1.165) is 11.8 Å². The van der Waals surface area contributed by atoms with Gasteiger partial charge in [-0.25, -0.2) is 0 Å². The third-order valence-electron chi connectivity index (χ3n) is 3.50. The van der Waals surface area contributed by atoms with Crippen LogP contribution in [0.25, 0.3) is 0 Å². The van der Waals surface area contributed by atoms with E-state index in [-0.39, 0.29) is 65.9 Å². The summed E-state index contributed by atoms with van der Waals surface area (Å²) < 4.78 is 9.25. The summed E-state index contributed by atoms with van der Waals surface area (Å²) in [7, 11) is 1.22. The number of nitrogens with two attached hydrogens (primary N) is 1. The fraction of sp³-hybridized carbons (Fsp3) is 0.706. The van der Waals surface area contributed by atoms with Gasteiger partial charge in [0, 0.05) is 25.0 Å². The molecule has 2 atom stereocenters. The van der Waals surface area contributed by atoms with Crippen LogP contribution in [-0.2, 0) is 33.4 Å². The lowest BCUT2D eigenvalue weighted by atomic mass is 10.1. The maximum Gasteiger partial charge on any atom is 0.322 e. The lowest BCUT2D eigenvalue weighted by molar-refractivity contribution is -0.145. The number of methoxy groups -OCH3 is 1. The normalized spacial score (nSPS) is 12.1. The first-order valence-corrected chi connectivity index (χ1v) is 9.70. The molecule has 0 saturated carbocycles. The first-order chi connectivity index (χ1) is 12.7. The Hall–Kier alpha value is -1.46. The van der Waals surface area contributed by atoms with Gasteiger partial charge in [0.1, 0.15) is 6.04 Å². The summed E-state index contributed by atoms with van der Waals surface area (Å²) in [5.41, 5.74) is 5.63. The number of ether oxygens (including phenoxy) is 2. The first kappa shape index (κ1) is 28.7. The van der Waals surface area contributed by atoms with Crippen LogP contribution < -0.4 is 28.0 Å². The number of amides is 1. The second-order valence-electron chi connectivity index (χ2n) is 5.60. The zero-order valence-corrected chi connectivity index (χ0v) is 18.7. The van der Waals surface area contributed by atoms with Crippen molar-refractivity contribution in [3.8, 4) is 0 Å². The van der Waals surface area contributed by atoms with E-state index < -0.39 is 29.9 Å². The smallest absolute Gasteiger partial charge is 0.322 e. The minimum atomic E-state index is -0.930. The molecule has 0 aromatic rings. The molecule has 0 aliphatic carbocycles. The van der Waals surface area contributed by atoms with Crippen molar-refractivity contribution in [1.29, 1.82) is 0 Å². The number of carbonyl (C=O) groups is 5. The molecule has 162 valence electrons. The fourth-order valence-electron chi connectivity index (χ4n) is 1.92. The SMILES string of the molecule is CCOC(=O)C(N)CCC(=O)NC(CSC(=O)CC)C(=O)CCC(=O)OC.[Br-]. The highest BCUT2D eigenvalue weighted by atomic mass is 79.9. The summed E-state index contributed by atoms with van der Waals surface area (Å²) in [6.07, 6.45) is 0.0701. The van der Waals surface area contributed by atoms with E-state index in [2.05, 4.69) is 10.1 Å². The number of hydrogen-bond acceptors (Lipinski definition) is 9. The minimum absolute atomic E-state index is 0. The largest absolute Gasteiger partial charge is 1.00 e. The lowest BCUT2D eigenvalue weighted by Gasteiger charge is -2.17. The van der Waals surface area contributed by atoms with Gasteiger partial charge in [0.15, 0.2) is 10.9 Å². The molecule has 0 heterocycles.